The number of carbonyl (C=O) groups is 2. The molecule has 5 nitrogen and oxygen atoms in total. The lowest BCUT2D eigenvalue weighted by Crippen LogP contribution is -2.55. The summed E-state index contributed by atoms with van der Waals surface area (Å²) in [4.78, 5) is 21.1. The van der Waals surface area contributed by atoms with Crippen molar-refractivity contribution in [3.63, 3.8) is 0 Å². The molecule has 0 bridgehead atoms. The number of rotatable bonds is 4. The summed E-state index contributed by atoms with van der Waals surface area (Å²) < 4.78 is 59.6. The van der Waals surface area contributed by atoms with Gasteiger partial charge in [-0.1, -0.05) is 0 Å². The topological polar surface area (TPSA) is 86.6 Å². The van der Waals surface area contributed by atoms with Gasteiger partial charge in [0.2, 0.25) is 5.60 Å². The van der Waals surface area contributed by atoms with Crippen molar-refractivity contribution in [1.29, 1.82) is 0 Å². The van der Waals surface area contributed by atoms with Crippen LogP contribution in [-0.4, -0.2) is 46.3 Å². The molecular formula is C7H8F5NO4. The van der Waals surface area contributed by atoms with Gasteiger partial charge in [-0.3, -0.25) is 4.79 Å². The third-order valence-electron chi connectivity index (χ3n) is 1.74. The number of aliphatic carboxylic acids is 1. The van der Waals surface area contributed by atoms with Crippen molar-refractivity contribution in [2.24, 2.45) is 0 Å². The third-order valence-corrected chi connectivity index (χ3v) is 1.74. The predicted molar refractivity (Wildman–Crippen MR) is 42.3 cm³/mol. The SMILES string of the molecule is CC(O)(C(=O)O)C(=O)NCC(F)(F)C(F)(F)F. The predicted octanol–water partition coefficient (Wildman–Crippen LogP) is 0.136. The fourth-order valence-electron chi connectivity index (χ4n) is 0.561. The van der Waals surface area contributed by atoms with E-state index in [-0.39, 0.29) is 0 Å². The molecule has 1 amide bonds. The Hall–Kier alpha value is -1.45. The summed E-state index contributed by atoms with van der Waals surface area (Å²) in [5, 5.41) is 18.2. The van der Waals surface area contributed by atoms with Gasteiger partial charge in [-0.2, -0.15) is 22.0 Å². The first-order chi connectivity index (χ1) is 7.32. The summed E-state index contributed by atoms with van der Waals surface area (Å²) in [6, 6.07) is 0. The molecule has 0 fully saturated rings. The first-order valence-corrected chi connectivity index (χ1v) is 4.01. The zero-order valence-corrected chi connectivity index (χ0v) is 8.31. The molecule has 0 radical (unpaired) electrons. The Labute approximate surface area is 91.2 Å². The fourth-order valence-corrected chi connectivity index (χ4v) is 0.561. The number of amides is 1. The van der Waals surface area contributed by atoms with Crippen molar-refractivity contribution in [2.45, 2.75) is 24.6 Å². The summed E-state index contributed by atoms with van der Waals surface area (Å²) in [6.45, 7) is -1.71. The Bertz CT molecular complexity index is 325. The first-order valence-electron chi connectivity index (χ1n) is 4.01. The van der Waals surface area contributed by atoms with Crippen molar-refractivity contribution in [1.82, 2.24) is 5.32 Å². The van der Waals surface area contributed by atoms with E-state index >= 15 is 0 Å². The Morgan fingerprint density at radius 3 is 1.88 bits per heavy atom. The largest absolute Gasteiger partial charge is 0.479 e. The second-order valence-electron chi connectivity index (χ2n) is 3.26. The normalized spacial score (nSPS) is 16.2. The number of nitrogens with one attached hydrogen (secondary N) is 1. The molecular weight excluding hydrogens is 257 g/mol. The van der Waals surface area contributed by atoms with Crippen molar-refractivity contribution >= 4 is 11.9 Å². The summed E-state index contributed by atoms with van der Waals surface area (Å²) in [5.74, 6) is -9.16. The highest BCUT2D eigenvalue weighted by Gasteiger charge is 2.57. The maximum atomic E-state index is 12.3. The molecule has 0 rings (SSSR count). The second kappa shape index (κ2) is 4.43. The lowest BCUT2D eigenvalue weighted by atomic mass is 10.1. The molecule has 0 aromatic heterocycles. The monoisotopic (exact) mass is 265 g/mol. The van der Waals surface area contributed by atoms with E-state index in [0.717, 1.165) is 5.32 Å². The summed E-state index contributed by atoms with van der Waals surface area (Å²) in [5.41, 5.74) is -3.08. The number of carboxylic acid groups (broad SMARTS) is 1. The number of carbonyl (C=O) groups excluding carboxylic acids is 1. The third kappa shape index (κ3) is 3.51. The lowest BCUT2D eigenvalue weighted by molar-refractivity contribution is -0.278. The minimum atomic E-state index is -5.88. The molecule has 1 atom stereocenters. The van der Waals surface area contributed by atoms with Crippen LogP contribution in [0.5, 0.6) is 0 Å². The van der Waals surface area contributed by atoms with E-state index in [1.807, 2.05) is 0 Å². The smallest absolute Gasteiger partial charge is 0.455 e. The summed E-state index contributed by atoms with van der Waals surface area (Å²) >= 11 is 0. The maximum absolute atomic E-state index is 12.3. The highest BCUT2D eigenvalue weighted by Crippen LogP contribution is 2.34. The molecule has 0 aliphatic heterocycles. The van der Waals surface area contributed by atoms with Crippen LogP contribution >= 0.6 is 0 Å². The van der Waals surface area contributed by atoms with Crippen molar-refractivity contribution in [3.05, 3.63) is 0 Å². The Kier molecular flexibility index (Phi) is 4.05. The minimum Gasteiger partial charge on any atom is -0.479 e. The van der Waals surface area contributed by atoms with E-state index in [1.54, 1.807) is 0 Å². The Morgan fingerprint density at radius 1 is 1.18 bits per heavy atom. The van der Waals surface area contributed by atoms with E-state index < -0.39 is 36.1 Å². The number of hydrogen-bond acceptors (Lipinski definition) is 3. The van der Waals surface area contributed by atoms with Crippen LogP contribution in [0.2, 0.25) is 0 Å². The maximum Gasteiger partial charge on any atom is 0.455 e. The van der Waals surface area contributed by atoms with Gasteiger partial charge >= 0.3 is 18.1 Å². The van der Waals surface area contributed by atoms with Crippen molar-refractivity contribution in [2.75, 3.05) is 6.54 Å². The Balaban J connectivity index is 4.61. The van der Waals surface area contributed by atoms with Gasteiger partial charge in [0.25, 0.3) is 5.91 Å². The molecule has 10 heteroatoms. The molecule has 0 aromatic rings. The number of carboxylic acids is 1. The van der Waals surface area contributed by atoms with Crippen LogP contribution < -0.4 is 5.32 Å². The highest BCUT2D eigenvalue weighted by atomic mass is 19.4. The zero-order valence-electron chi connectivity index (χ0n) is 8.31. The van der Waals surface area contributed by atoms with Crippen LogP contribution in [0.25, 0.3) is 0 Å². The zero-order chi connectivity index (χ0) is 14.1. The number of hydrogen-bond donors (Lipinski definition) is 3. The summed E-state index contributed by atoms with van der Waals surface area (Å²) in [7, 11) is 0. The van der Waals surface area contributed by atoms with Gasteiger partial charge in [0.15, 0.2) is 0 Å². The molecule has 0 saturated heterocycles. The average Bonchev–Trinajstić information content (AvgIpc) is 2.11. The van der Waals surface area contributed by atoms with Crippen LogP contribution in [0.4, 0.5) is 22.0 Å². The van der Waals surface area contributed by atoms with E-state index in [2.05, 4.69) is 0 Å². The van der Waals surface area contributed by atoms with Crippen LogP contribution in [0.3, 0.4) is 0 Å². The molecule has 100 valence electrons. The number of alkyl halides is 5. The lowest BCUT2D eigenvalue weighted by Gasteiger charge is -2.22. The van der Waals surface area contributed by atoms with Gasteiger partial charge in [-0.25, -0.2) is 4.79 Å². The van der Waals surface area contributed by atoms with Crippen molar-refractivity contribution in [3.8, 4) is 0 Å². The molecule has 1 unspecified atom stereocenters. The van der Waals surface area contributed by atoms with Crippen LogP contribution in [0.1, 0.15) is 6.92 Å². The highest BCUT2D eigenvalue weighted by molar-refractivity contribution is 6.04. The quantitative estimate of drug-likeness (QED) is 0.498. The standard InChI is InChI=1S/C7H8F5NO4/c1-5(17,4(15)16)3(14)13-2-6(8,9)7(10,11)12/h17H,2H2,1H3,(H,13,14)(H,15,16). The molecule has 0 saturated carbocycles. The Morgan fingerprint density at radius 2 is 1.59 bits per heavy atom. The second-order valence-corrected chi connectivity index (χ2v) is 3.26. The number of halogens is 5. The van der Waals surface area contributed by atoms with E-state index in [9.17, 15) is 31.5 Å². The first kappa shape index (κ1) is 15.5. The summed E-state index contributed by atoms with van der Waals surface area (Å²) in [6.07, 6.45) is -5.88. The van der Waals surface area contributed by atoms with E-state index in [1.165, 1.54) is 0 Å². The molecule has 3 N–H and O–H groups in total. The van der Waals surface area contributed by atoms with Gasteiger partial charge < -0.3 is 15.5 Å². The molecule has 0 aliphatic carbocycles. The fraction of sp³-hybridized carbons (Fsp3) is 0.714. The van der Waals surface area contributed by atoms with Crippen LogP contribution in [0, 0.1) is 0 Å². The van der Waals surface area contributed by atoms with Gasteiger partial charge in [-0.05, 0) is 6.92 Å². The molecule has 0 aliphatic rings. The molecule has 0 aromatic carbocycles. The average molecular weight is 265 g/mol. The molecule has 17 heavy (non-hydrogen) atoms. The molecule has 0 spiro atoms. The van der Waals surface area contributed by atoms with E-state index in [0.29, 0.717) is 6.92 Å². The minimum absolute atomic E-state index is 0.441. The van der Waals surface area contributed by atoms with Gasteiger partial charge in [0.1, 0.15) is 0 Å². The van der Waals surface area contributed by atoms with Gasteiger partial charge in [0, 0.05) is 0 Å². The van der Waals surface area contributed by atoms with Gasteiger partial charge in [0.05, 0.1) is 6.54 Å². The van der Waals surface area contributed by atoms with Crippen molar-refractivity contribution < 1.29 is 41.8 Å². The van der Waals surface area contributed by atoms with E-state index in [4.69, 9.17) is 10.2 Å². The van der Waals surface area contributed by atoms with Crippen LogP contribution in [0.15, 0.2) is 0 Å². The number of aliphatic hydroxyl groups is 1. The molecule has 0 heterocycles. The van der Waals surface area contributed by atoms with Gasteiger partial charge in [-0.15, -0.1) is 0 Å². The van der Waals surface area contributed by atoms with Crippen LogP contribution in [-0.2, 0) is 9.59 Å².